The molecule has 0 saturated carbocycles. The van der Waals surface area contributed by atoms with E-state index in [0.717, 1.165) is 48.9 Å². The number of fused-ring (bicyclic) bond motifs is 1. The van der Waals surface area contributed by atoms with Gasteiger partial charge in [-0.1, -0.05) is 66.3 Å². The van der Waals surface area contributed by atoms with Crippen molar-refractivity contribution >= 4 is 22.3 Å². The third-order valence-electron chi connectivity index (χ3n) is 5.97. The maximum Gasteiger partial charge on any atom is 0.129 e. The van der Waals surface area contributed by atoms with Gasteiger partial charge >= 0.3 is 0 Å². The monoisotopic (exact) mass is 421 g/mol. The molecule has 4 rings (SSSR count). The molecule has 162 valence electrons. The normalized spacial score (nSPS) is 13.2. The van der Waals surface area contributed by atoms with Gasteiger partial charge in [0.2, 0.25) is 0 Å². The summed E-state index contributed by atoms with van der Waals surface area (Å²) >= 11 is 0. The van der Waals surface area contributed by atoms with Crippen LogP contribution in [0, 0.1) is 6.92 Å². The van der Waals surface area contributed by atoms with Gasteiger partial charge in [-0.25, -0.2) is 4.98 Å². The second kappa shape index (κ2) is 10.4. The van der Waals surface area contributed by atoms with Crippen molar-refractivity contribution in [2.24, 2.45) is 0 Å². The molecular formula is C30H31NO. The van der Waals surface area contributed by atoms with Crippen molar-refractivity contribution < 1.29 is 4.79 Å². The molecule has 0 bridgehead atoms. The molecule has 0 N–H and O–H groups in total. The van der Waals surface area contributed by atoms with Gasteiger partial charge in [-0.15, -0.1) is 0 Å². The maximum absolute atomic E-state index is 11.4. The summed E-state index contributed by atoms with van der Waals surface area (Å²) in [7, 11) is 0. The van der Waals surface area contributed by atoms with Crippen LogP contribution in [0.5, 0.6) is 0 Å². The number of unbranched alkanes of at least 4 members (excludes halogenated alkanes) is 1. The van der Waals surface area contributed by atoms with Crippen molar-refractivity contribution in [1.29, 1.82) is 0 Å². The summed E-state index contributed by atoms with van der Waals surface area (Å²) in [6, 6.07) is 17.7. The molecular weight excluding hydrogens is 390 g/mol. The number of pyridine rings is 1. The van der Waals surface area contributed by atoms with Crippen LogP contribution in [0.15, 0.2) is 78.9 Å². The number of hydrogen-bond acceptors (Lipinski definition) is 2. The minimum atomic E-state index is 0.266. The van der Waals surface area contributed by atoms with Crippen LogP contribution < -0.4 is 0 Å². The topological polar surface area (TPSA) is 30.0 Å². The molecule has 2 nitrogen and oxygen atoms in total. The zero-order chi connectivity index (χ0) is 22.3. The van der Waals surface area contributed by atoms with Gasteiger partial charge in [0, 0.05) is 17.4 Å². The molecule has 0 fully saturated rings. The third-order valence-corrected chi connectivity index (χ3v) is 5.97. The van der Waals surface area contributed by atoms with E-state index in [4.69, 9.17) is 4.98 Å². The van der Waals surface area contributed by atoms with E-state index >= 15 is 0 Å². The Kier molecular flexibility index (Phi) is 7.11. The van der Waals surface area contributed by atoms with Gasteiger partial charge in [0.05, 0.1) is 11.2 Å². The Hall–Kier alpha value is -3.26. The van der Waals surface area contributed by atoms with E-state index in [1.807, 2.05) is 0 Å². The van der Waals surface area contributed by atoms with Crippen molar-refractivity contribution in [3.63, 3.8) is 0 Å². The molecule has 32 heavy (non-hydrogen) atoms. The summed E-state index contributed by atoms with van der Waals surface area (Å²) in [5, 5.41) is 1.19. The number of hydrogen-bond donors (Lipinski definition) is 0. The first-order valence-corrected chi connectivity index (χ1v) is 11.6. The van der Waals surface area contributed by atoms with Crippen molar-refractivity contribution in [1.82, 2.24) is 4.98 Å². The first kappa shape index (κ1) is 22.0. The quantitative estimate of drug-likeness (QED) is 0.356. The Morgan fingerprint density at radius 1 is 0.969 bits per heavy atom. The number of aryl methyl sites for hydroxylation is 2. The molecule has 0 unspecified atom stereocenters. The first-order chi connectivity index (χ1) is 15.6. The smallest absolute Gasteiger partial charge is 0.129 e. The summed E-state index contributed by atoms with van der Waals surface area (Å²) < 4.78 is 0. The lowest BCUT2D eigenvalue weighted by atomic mass is 9.96. The van der Waals surface area contributed by atoms with Gasteiger partial charge in [0.25, 0.3) is 0 Å². The van der Waals surface area contributed by atoms with E-state index < -0.39 is 0 Å². The fourth-order valence-electron chi connectivity index (χ4n) is 4.19. The van der Waals surface area contributed by atoms with Gasteiger partial charge in [-0.2, -0.15) is 0 Å². The van der Waals surface area contributed by atoms with Crippen molar-refractivity contribution in [3.05, 3.63) is 107 Å². The predicted octanol–water partition coefficient (Wildman–Crippen LogP) is 7.34. The Morgan fingerprint density at radius 2 is 1.78 bits per heavy atom. The lowest BCUT2D eigenvalue weighted by Gasteiger charge is -2.13. The van der Waals surface area contributed by atoms with E-state index in [9.17, 15) is 4.79 Å². The molecule has 0 aliphatic heterocycles. The zero-order valence-electron chi connectivity index (χ0n) is 19.1. The van der Waals surface area contributed by atoms with Crippen LogP contribution in [0.2, 0.25) is 0 Å². The number of aromatic nitrogens is 1. The average molecular weight is 422 g/mol. The number of Topliss-reactive ketones (excluding diaryl/α,β-unsaturated/α-hetero) is 1. The third kappa shape index (κ3) is 5.70. The van der Waals surface area contributed by atoms with Crippen LogP contribution in [-0.2, 0) is 17.6 Å². The van der Waals surface area contributed by atoms with Crippen LogP contribution in [0.1, 0.15) is 60.6 Å². The largest absolute Gasteiger partial charge is 0.300 e. The van der Waals surface area contributed by atoms with Crippen LogP contribution in [0.3, 0.4) is 0 Å². The molecule has 1 aliphatic rings. The highest BCUT2D eigenvalue weighted by molar-refractivity contribution is 5.85. The van der Waals surface area contributed by atoms with E-state index in [1.54, 1.807) is 6.92 Å². The lowest BCUT2D eigenvalue weighted by molar-refractivity contribution is -0.117. The molecule has 1 aliphatic carbocycles. The second-order valence-electron chi connectivity index (χ2n) is 8.78. The Labute approximate surface area is 191 Å². The number of carbonyl (C=O) groups excluding carboxylic acids is 1. The molecule has 2 heteroatoms. The molecule has 2 aromatic carbocycles. The molecule has 0 spiro atoms. The fourth-order valence-corrected chi connectivity index (χ4v) is 4.19. The molecule has 0 radical (unpaired) electrons. The highest BCUT2D eigenvalue weighted by Crippen LogP contribution is 2.27. The molecule has 1 aromatic heterocycles. The van der Waals surface area contributed by atoms with Gasteiger partial charge < -0.3 is 4.79 Å². The summed E-state index contributed by atoms with van der Waals surface area (Å²) in [5.41, 5.74) is 8.43. The molecule has 1 heterocycles. The minimum Gasteiger partial charge on any atom is -0.300 e. The predicted molar refractivity (Wildman–Crippen MR) is 135 cm³/mol. The number of nitrogens with zero attached hydrogens (tertiary/aromatic N) is 1. The standard InChI is InChI=1S/C30H31NO/c1-22-13-15-24(16-14-22)19-25-17-18-29-28(20-25)21-27(12-8-7-9-23(2)32)30(31-29)26-10-5-3-4-6-11-26/h3,5-6,10-11,13-18,20-21H,4,7-9,12,19H2,1-2H3. The van der Waals surface area contributed by atoms with Crippen LogP contribution >= 0.6 is 0 Å². The lowest BCUT2D eigenvalue weighted by Crippen LogP contribution is -2.00. The zero-order valence-corrected chi connectivity index (χ0v) is 19.1. The summed E-state index contributed by atoms with van der Waals surface area (Å²) in [5.74, 6) is 0.266. The van der Waals surface area contributed by atoms with Gasteiger partial charge in [0.1, 0.15) is 5.78 Å². The number of ketones is 1. The molecule has 0 atom stereocenters. The number of benzene rings is 2. The Balaban J connectivity index is 1.67. The average Bonchev–Trinajstić information content (AvgIpc) is 3.07. The van der Waals surface area contributed by atoms with Crippen molar-refractivity contribution in [2.75, 3.05) is 0 Å². The highest BCUT2D eigenvalue weighted by Gasteiger charge is 2.11. The summed E-state index contributed by atoms with van der Waals surface area (Å²) in [4.78, 5) is 16.4. The number of allylic oxidation sites excluding steroid dienone is 6. The van der Waals surface area contributed by atoms with Crippen molar-refractivity contribution in [2.45, 2.75) is 52.4 Å². The van der Waals surface area contributed by atoms with E-state index in [-0.39, 0.29) is 5.78 Å². The maximum atomic E-state index is 11.4. The SMILES string of the molecule is CC(=O)CCCCc1cc2cc(Cc3ccc(C)cc3)ccc2nc1C1=CC=CCC=C1. The van der Waals surface area contributed by atoms with E-state index in [0.29, 0.717) is 6.42 Å². The molecule has 0 amide bonds. The van der Waals surface area contributed by atoms with Crippen molar-refractivity contribution in [3.8, 4) is 0 Å². The minimum absolute atomic E-state index is 0.266. The highest BCUT2D eigenvalue weighted by atomic mass is 16.1. The van der Waals surface area contributed by atoms with E-state index in [1.165, 1.54) is 27.6 Å². The Bertz CT molecular complexity index is 1200. The number of carbonyl (C=O) groups is 1. The van der Waals surface area contributed by atoms with E-state index in [2.05, 4.69) is 85.8 Å². The summed E-state index contributed by atoms with van der Waals surface area (Å²) in [6.45, 7) is 3.79. The number of rotatable bonds is 8. The van der Waals surface area contributed by atoms with Gasteiger partial charge in [0.15, 0.2) is 0 Å². The van der Waals surface area contributed by atoms with Crippen LogP contribution in [0.25, 0.3) is 16.5 Å². The van der Waals surface area contributed by atoms with Gasteiger partial charge in [-0.3, -0.25) is 0 Å². The molecule has 3 aromatic rings. The fraction of sp³-hybridized carbons (Fsp3) is 0.267. The summed E-state index contributed by atoms with van der Waals surface area (Å²) in [6.07, 6.45) is 16.2. The van der Waals surface area contributed by atoms with Crippen LogP contribution in [0.4, 0.5) is 0 Å². The van der Waals surface area contributed by atoms with Crippen LogP contribution in [-0.4, -0.2) is 10.8 Å². The van der Waals surface area contributed by atoms with Gasteiger partial charge in [-0.05, 0) is 80.8 Å². The second-order valence-corrected chi connectivity index (χ2v) is 8.78. The Morgan fingerprint density at radius 3 is 2.59 bits per heavy atom. The molecule has 0 saturated heterocycles. The first-order valence-electron chi connectivity index (χ1n) is 11.6.